The molecule has 1 fully saturated rings. The largest absolute Gasteiger partial charge is 0.448 e. The molecule has 1 aromatic rings. The quantitative estimate of drug-likeness (QED) is 0.468. The van der Waals surface area contributed by atoms with Crippen molar-refractivity contribution in [2.24, 2.45) is 5.92 Å². The van der Waals surface area contributed by atoms with Gasteiger partial charge in [-0.15, -0.1) is 0 Å². The molecule has 1 saturated heterocycles. The summed E-state index contributed by atoms with van der Waals surface area (Å²) in [4.78, 5) is 34.3. The highest BCUT2D eigenvalue weighted by Gasteiger charge is 2.28. The van der Waals surface area contributed by atoms with Crippen molar-refractivity contribution in [1.29, 1.82) is 0 Å². The van der Waals surface area contributed by atoms with Gasteiger partial charge in [0.1, 0.15) is 0 Å². The number of esters is 1. The molecule has 23 heavy (non-hydrogen) atoms. The molecule has 1 amide bonds. The lowest BCUT2D eigenvalue weighted by Crippen LogP contribution is -2.44. The highest BCUT2D eigenvalue weighted by Crippen LogP contribution is 2.20. The van der Waals surface area contributed by atoms with Crippen LogP contribution in [0.25, 0.3) is 0 Å². The SMILES string of the molecule is CSc1ncc(Cl)c(C(=O)O[C@@H](C)C(=O)N2CCC(C)CC2)n1. The van der Waals surface area contributed by atoms with Gasteiger partial charge in [0.25, 0.3) is 5.91 Å². The summed E-state index contributed by atoms with van der Waals surface area (Å²) in [6.07, 6.45) is 4.24. The molecule has 126 valence electrons. The lowest BCUT2D eigenvalue weighted by Gasteiger charge is -2.31. The van der Waals surface area contributed by atoms with Crippen LogP contribution in [0, 0.1) is 5.92 Å². The average molecular weight is 358 g/mol. The lowest BCUT2D eigenvalue weighted by molar-refractivity contribution is -0.141. The van der Waals surface area contributed by atoms with Crippen molar-refractivity contribution in [2.45, 2.75) is 37.9 Å². The lowest BCUT2D eigenvalue weighted by atomic mass is 9.99. The number of hydrogen-bond donors (Lipinski definition) is 0. The van der Waals surface area contributed by atoms with Gasteiger partial charge in [-0.3, -0.25) is 4.79 Å². The van der Waals surface area contributed by atoms with E-state index in [9.17, 15) is 9.59 Å². The van der Waals surface area contributed by atoms with Gasteiger partial charge in [-0.25, -0.2) is 14.8 Å². The van der Waals surface area contributed by atoms with Crippen LogP contribution >= 0.6 is 23.4 Å². The number of piperidine rings is 1. The number of aromatic nitrogens is 2. The molecular weight excluding hydrogens is 338 g/mol. The van der Waals surface area contributed by atoms with Gasteiger partial charge in [-0.05, 0) is 31.9 Å². The Kier molecular flexibility index (Phi) is 6.24. The number of carbonyl (C=O) groups is 2. The van der Waals surface area contributed by atoms with Crippen molar-refractivity contribution in [2.75, 3.05) is 19.3 Å². The minimum atomic E-state index is -0.861. The molecule has 0 aromatic carbocycles. The second-order valence-electron chi connectivity index (χ2n) is 5.61. The van der Waals surface area contributed by atoms with Crippen LogP contribution in [0.3, 0.4) is 0 Å². The predicted octanol–water partition coefficient (Wildman–Crippen LogP) is 2.66. The van der Waals surface area contributed by atoms with Crippen LogP contribution < -0.4 is 0 Å². The van der Waals surface area contributed by atoms with E-state index >= 15 is 0 Å². The third-order valence-corrected chi connectivity index (χ3v) is 4.66. The Balaban J connectivity index is 2.00. The molecule has 1 aliphatic heterocycles. The first-order valence-electron chi connectivity index (χ1n) is 7.48. The number of hydrogen-bond acceptors (Lipinski definition) is 6. The maximum absolute atomic E-state index is 12.4. The second-order valence-corrected chi connectivity index (χ2v) is 6.79. The topological polar surface area (TPSA) is 72.4 Å². The third-order valence-electron chi connectivity index (χ3n) is 3.82. The smallest absolute Gasteiger partial charge is 0.359 e. The first-order valence-corrected chi connectivity index (χ1v) is 9.09. The van der Waals surface area contributed by atoms with Crippen LogP contribution in [-0.4, -0.2) is 52.2 Å². The molecule has 0 unspecified atom stereocenters. The van der Waals surface area contributed by atoms with Gasteiger partial charge in [-0.1, -0.05) is 30.3 Å². The molecule has 6 nitrogen and oxygen atoms in total. The summed E-state index contributed by atoms with van der Waals surface area (Å²) in [7, 11) is 0. The van der Waals surface area contributed by atoms with Gasteiger partial charge in [0.15, 0.2) is 17.0 Å². The van der Waals surface area contributed by atoms with E-state index in [1.54, 1.807) is 18.1 Å². The first kappa shape index (κ1) is 18.0. The number of carbonyl (C=O) groups excluding carboxylic acids is 2. The van der Waals surface area contributed by atoms with E-state index < -0.39 is 12.1 Å². The number of thioether (sulfide) groups is 1. The van der Waals surface area contributed by atoms with E-state index in [0.717, 1.165) is 12.8 Å². The summed E-state index contributed by atoms with van der Waals surface area (Å²) in [5.41, 5.74) is -0.0158. The minimum absolute atomic E-state index is 0.0158. The van der Waals surface area contributed by atoms with E-state index in [-0.39, 0.29) is 16.6 Å². The van der Waals surface area contributed by atoms with Crippen molar-refractivity contribution in [1.82, 2.24) is 14.9 Å². The molecule has 0 radical (unpaired) electrons. The van der Waals surface area contributed by atoms with E-state index in [2.05, 4.69) is 16.9 Å². The zero-order valence-corrected chi connectivity index (χ0v) is 15.0. The van der Waals surface area contributed by atoms with Crippen molar-refractivity contribution in [3.8, 4) is 0 Å². The van der Waals surface area contributed by atoms with Gasteiger partial charge < -0.3 is 9.64 Å². The normalized spacial score (nSPS) is 17.0. The number of nitrogens with zero attached hydrogens (tertiary/aromatic N) is 3. The van der Waals surface area contributed by atoms with E-state index in [4.69, 9.17) is 16.3 Å². The number of amides is 1. The van der Waals surface area contributed by atoms with Gasteiger partial charge in [0.2, 0.25) is 0 Å². The fraction of sp³-hybridized carbons (Fsp3) is 0.600. The van der Waals surface area contributed by atoms with Gasteiger partial charge in [-0.2, -0.15) is 0 Å². The van der Waals surface area contributed by atoms with Gasteiger partial charge in [0, 0.05) is 13.1 Å². The van der Waals surface area contributed by atoms with Crippen LogP contribution in [0.4, 0.5) is 0 Å². The zero-order valence-electron chi connectivity index (χ0n) is 13.4. The maximum Gasteiger partial charge on any atom is 0.359 e. The summed E-state index contributed by atoms with van der Waals surface area (Å²) < 4.78 is 5.24. The van der Waals surface area contributed by atoms with Crippen LogP contribution in [0.1, 0.15) is 37.2 Å². The van der Waals surface area contributed by atoms with Crippen molar-refractivity contribution in [3.63, 3.8) is 0 Å². The van der Waals surface area contributed by atoms with Crippen molar-refractivity contribution in [3.05, 3.63) is 16.9 Å². The standard InChI is InChI=1S/C15H20ClN3O3S/c1-9-4-6-19(7-5-9)13(20)10(2)22-14(21)12-11(16)8-17-15(18-12)23-3/h8-10H,4-7H2,1-3H3/t10-/m0/s1. The van der Waals surface area contributed by atoms with E-state index in [0.29, 0.717) is 24.2 Å². The van der Waals surface area contributed by atoms with Gasteiger partial charge in [0.05, 0.1) is 11.2 Å². The second kappa shape index (κ2) is 7.97. The first-order chi connectivity index (χ1) is 10.9. The Morgan fingerprint density at radius 2 is 2.09 bits per heavy atom. The summed E-state index contributed by atoms with van der Waals surface area (Å²) in [6.45, 7) is 5.15. The Bertz CT molecular complexity index is 591. The molecule has 2 heterocycles. The zero-order chi connectivity index (χ0) is 17.0. The summed E-state index contributed by atoms with van der Waals surface area (Å²) in [6, 6.07) is 0. The molecule has 0 saturated carbocycles. The molecular formula is C15H20ClN3O3S. The molecule has 1 atom stereocenters. The van der Waals surface area contributed by atoms with E-state index in [1.165, 1.54) is 18.0 Å². The molecule has 0 bridgehead atoms. The Morgan fingerprint density at radius 3 is 2.70 bits per heavy atom. The monoisotopic (exact) mass is 357 g/mol. The highest BCUT2D eigenvalue weighted by molar-refractivity contribution is 7.98. The fourth-order valence-corrected chi connectivity index (χ4v) is 2.85. The summed E-state index contributed by atoms with van der Waals surface area (Å²) in [5.74, 6) is -0.263. The Morgan fingerprint density at radius 1 is 1.43 bits per heavy atom. The maximum atomic E-state index is 12.4. The number of rotatable bonds is 4. The molecule has 0 N–H and O–H groups in total. The van der Waals surface area contributed by atoms with Crippen molar-refractivity contribution >= 4 is 35.2 Å². The predicted molar refractivity (Wildman–Crippen MR) is 88.7 cm³/mol. The molecule has 2 rings (SSSR count). The molecule has 0 aliphatic carbocycles. The Hall–Kier alpha value is -1.34. The fourth-order valence-electron chi connectivity index (χ4n) is 2.35. The minimum Gasteiger partial charge on any atom is -0.448 e. The van der Waals surface area contributed by atoms with Crippen LogP contribution in [0.15, 0.2) is 11.4 Å². The molecule has 1 aromatic heterocycles. The number of halogens is 1. The molecule has 1 aliphatic rings. The van der Waals surface area contributed by atoms with Crippen LogP contribution in [0.2, 0.25) is 5.02 Å². The van der Waals surface area contributed by atoms with E-state index in [1.807, 2.05) is 0 Å². The van der Waals surface area contributed by atoms with Crippen LogP contribution in [0.5, 0.6) is 0 Å². The molecule has 8 heteroatoms. The molecule has 0 spiro atoms. The third kappa shape index (κ3) is 4.57. The Labute approximate surface area is 145 Å². The average Bonchev–Trinajstić information content (AvgIpc) is 2.55. The highest BCUT2D eigenvalue weighted by atomic mass is 35.5. The summed E-state index contributed by atoms with van der Waals surface area (Å²) in [5, 5.41) is 0.532. The number of likely N-dealkylation sites (tertiary alicyclic amines) is 1. The van der Waals surface area contributed by atoms with Crippen LogP contribution in [-0.2, 0) is 9.53 Å². The number of ether oxygens (including phenoxy) is 1. The summed E-state index contributed by atoms with van der Waals surface area (Å²) >= 11 is 7.24. The van der Waals surface area contributed by atoms with Crippen molar-refractivity contribution < 1.29 is 14.3 Å². The van der Waals surface area contributed by atoms with Gasteiger partial charge >= 0.3 is 5.97 Å².